The third-order valence-corrected chi connectivity index (χ3v) is 4.46. The summed E-state index contributed by atoms with van der Waals surface area (Å²) in [5.74, 6) is 1.06. The summed E-state index contributed by atoms with van der Waals surface area (Å²) in [6, 6.07) is 14.1. The van der Waals surface area contributed by atoms with Gasteiger partial charge in [0.25, 0.3) is 0 Å². The Morgan fingerprint density at radius 3 is 2.57 bits per heavy atom. The molecular formula is C20H19ClN2O5. The summed E-state index contributed by atoms with van der Waals surface area (Å²) in [7, 11) is -4.69. The van der Waals surface area contributed by atoms with Gasteiger partial charge in [0.15, 0.2) is 5.78 Å². The Morgan fingerprint density at radius 1 is 1.18 bits per heavy atom. The van der Waals surface area contributed by atoms with Crippen LogP contribution in [0, 0.1) is 16.2 Å². The lowest BCUT2D eigenvalue weighted by Crippen LogP contribution is -2.58. The Morgan fingerprint density at radius 2 is 1.86 bits per heavy atom. The number of nitrogens with zero attached hydrogens (tertiary/aromatic N) is 2. The van der Waals surface area contributed by atoms with Gasteiger partial charge < -0.3 is 4.90 Å². The number of carbonyl (C=O) groups excluding carboxylic acids is 1. The maximum absolute atomic E-state index is 12.8. The number of fused-ring (bicyclic) bond motifs is 2. The highest BCUT2D eigenvalue weighted by molar-refractivity contribution is 6.03. The quantitative estimate of drug-likeness (QED) is 0.688. The smallest absolute Gasteiger partial charge is 0.169 e. The Kier molecular flexibility index (Phi) is 5.93. The maximum atomic E-state index is 12.8. The molecule has 0 amide bonds. The Labute approximate surface area is 164 Å². The molecule has 0 bridgehead atoms. The molecule has 4 rings (SSSR count). The van der Waals surface area contributed by atoms with Crippen LogP contribution in [0.15, 0.2) is 71.4 Å². The standard InChI is InChI=1S/C20H18N2O.ClHO4/c1-14-8-9-22-13-18(12-21-19(22)10-14)20(23)17-7-6-15-4-2-3-5-16(15)11-17;2-1(3,4)5/h2-11,18H,12-13H2,1H3;(H,2,3,4,5). The predicted molar refractivity (Wildman–Crippen MR) is 95.9 cm³/mol. The lowest BCUT2D eigenvalue weighted by atomic mass is 9.94. The summed E-state index contributed by atoms with van der Waals surface area (Å²) in [5.41, 5.74) is 1.97. The lowest BCUT2D eigenvalue weighted by molar-refractivity contribution is -1.92. The summed E-state index contributed by atoms with van der Waals surface area (Å²) in [5, 5.41) is 2.27. The molecule has 2 aromatic rings. The first-order chi connectivity index (χ1) is 13.2. The van der Waals surface area contributed by atoms with E-state index in [1.165, 1.54) is 5.57 Å². The molecule has 2 aliphatic rings. The fourth-order valence-corrected chi connectivity index (χ4v) is 3.15. The van der Waals surface area contributed by atoms with Crippen LogP contribution in [0.1, 0.15) is 17.3 Å². The molecule has 0 saturated heterocycles. The van der Waals surface area contributed by atoms with Gasteiger partial charge in [0.05, 0.1) is 27.4 Å². The van der Waals surface area contributed by atoms with E-state index in [1.54, 1.807) is 0 Å². The summed E-state index contributed by atoms with van der Waals surface area (Å²) < 4.78 is 32.7. The van der Waals surface area contributed by atoms with E-state index in [1.807, 2.05) is 42.6 Å². The van der Waals surface area contributed by atoms with Crippen molar-refractivity contribution in [2.45, 2.75) is 6.92 Å². The van der Waals surface area contributed by atoms with Crippen LogP contribution in [0.25, 0.3) is 10.8 Å². The summed E-state index contributed by atoms with van der Waals surface area (Å²) in [4.78, 5) is 19.5. The van der Waals surface area contributed by atoms with Crippen molar-refractivity contribution in [3.05, 3.63) is 72.0 Å². The van der Waals surface area contributed by atoms with Crippen LogP contribution in [-0.2, 0) is 0 Å². The van der Waals surface area contributed by atoms with Gasteiger partial charge in [-0.2, -0.15) is 14.0 Å². The van der Waals surface area contributed by atoms with Gasteiger partial charge in [0, 0.05) is 18.3 Å². The van der Waals surface area contributed by atoms with Crippen molar-refractivity contribution in [2.24, 2.45) is 10.9 Å². The topological polar surface area (TPSA) is 122 Å². The molecule has 146 valence electrons. The van der Waals surface area contributed by atoms with Gasteiger partial charge in [0.2, 0.25) is 0 Å². The molecule has 2 aliphatic heterocycles. The SMILES string of the molecule is CC1=CC2=NCC(C(=O)c3ccc4ccccc4c3)CN2C=C1.[O-][Cl+3]([O-])([O-])O. The molecule has 0 fully saturated rings. The predicted octanol–water partition coefficient (Wildman–Crippen LogP) is -0.298. The molecule has 1 atom stereocenters. The van der Waals surface area contributed by atoms with Crippen molar-refractivity contribution in [1.82, 2.24) is 4.90 Å². The number of rotatable bonds is 2. The summed E-state index contributed by atoms with van der Waals surface area (Å²) in [6.45, 7) is 3.32. The van der Waals surface area contributed by atoms with Crippen molar-refractivity contribution >= 4 is 22.4 Å². The minimum atomic E-state index is -4.69. The number of halogens is 1. The molecule has 1 unspecified atom stereocenters. The number of benzene rings is 2. The second-order valence-corrected chi connectivity index (χ2v) is 7.37. The van der Waals surface area contributed by atoms with Gasteiger partial charge >= 0.3 is 0 Å². The largest absolute Gasteiger partial charge is 0.333 e. The summed E-state index contributed by atoms with van der Waals surface area (Å²) in [6.07, 6.45) is 6.15. The molecule has 8 heteroatoms. The number of allylic oxidation sites excluding steroid dienone is 2. The van der Waals surface area contributed by atoms with E-state index in [9.17, 15) is 4.79 Å². The molecule has 28 heavy (non-hydrogen) atoms. The van der Waals surface area contributed by atoms with Crippen LogP contribution < -0.4 is 14.0 Å². The van der Waals surface area contributed by atoms with Gasteiger partial charge in [-0.1, -0.05) is 36.4 Å². The molecule has 2 heterocycles. The van der Waals surface area contributed by atoms with Crippen LogP contribution >= 0.6 is 0 Å². The van der Waals surface area contributed by atoms with Crippen LogP contribution in [0.4, 0.5) is 0 Å². The van der Waals surface area contributed by atoms with Crippen LogP contribution in [-0.4, -0.2) is 34.3 Å². The van der Waals surface area contributed by atoms with Gasteiger partial charge in [-0.05, 0) is 41.5 Å². The average Bonchev–Trinajstić information content (AvgIpc) is 2.65. The number of carbonyl (C=O) groups is 1. The maximum Gasteiger partial charge on any atom is 0.169 e. The third-order valence-electron chi connectivity index (χ3n) is 4.46. The molecule has 0 radical (unpaired) electrons. The third kappa shape index (κ3) is 5.25. The molecule has 0 saturated carbocycles. The Hall–Kier alpha value is -2.55. The summed E-state index contributed by atoms with van der Waals surface area (Å²) >= 11 is 0. The fraction of sp³-hybridized carbons (Fsp3) is 0.200. The first-order valence-electron chi connectivity index (χ1n) is 8.54. The molecular weight excluding hydrogens is 384 g/mol. The van der Waals surface area contributed by atoms with Crippen molar-refractivity contribution < 1.29 is 33.7 Å². The molecule has 7 nitrogen and oxygen atoms in total. The van der Waals surface area contributed by atoms with Crippen LogP contribution in [0.2, 0.25) is 0 Å². The van der Waals surface area contributed by atoms with Crippen molar-refractivity contribution in [2.75, 3.05) is 13.1 Å². The zero-order valence-corrected chi connectivity index (χ0v) is 15.9. The first kappa shape index (κ1) is 20.2. The van der Waals surface area contributed by atoms with Gasteiger partial charge in [-0.25, -0.2) is 0 Å². The molecule has 0 aromatic heterocycles. The highest BCUT2D eigenvalue weighted by atomic mass is 35.7. The Bertz CT molecular complexity index is 972. The zero-order valence-electron chi connectivity index (χ0n) is 15.1. The minimum Gasteiger partial charge on any atom is -0.333 e. The van der Waals surface area contributed by atoms with E-state index in [0.717, 1.165) is 22.2 Å². The van der Waals surface area contributed by atoms with Gasteiger partial charge in [0.1, 0.15) is 5.84 Å². The minimum absolute atomic E-state index is 0.0867. The molecule has 0 spiro atoms. The number of amidine groups is 1. The van der Waals surface area contributed by atoms with Crippen molar-refractivity contribution in [3.8, 4) is 0 Å². The number of hydrogen-bond acceptors (Lipinski definition) is 7. The molecule has 0 aliphatic carbocycles. The Balaban J connectivity index is 0.000000403. The van der Waals surface area contributed by atoms with Crippen LogP contribution in [0.3, 0.4) is 0 Å². The highest BCUT2D eigenvalue weighted by Gasteiger charge is 2.27. The monoisotopic (exact) mass is 402 g/mol. The normalized spacial score (nSPS) is 18.6. The van der Waals surface area contributed by atoms with Gasteiger partial charge in [-0.3, -0.25) is 9.79 Å². The second kappa shape index (κ2) is 8.22. The lowest BCUT2D eigenvalue weighted by Gasteiger charge is -2.31. The number of Topliss-reactive ketones (excluding diaryl/α,β-unsaturated/α-hetero) is 1. The zero-order chi connectivity index (χ0) is 20.3. The number of hydrogen-bond donors (Lipinski definition) is 1. The second-order valence-electron chi connectivity index (χ2n) is 6.57. The van der Waals surface area contributed by atoms with Crippen molar-refractivity contribution in [1.29, 1.82) is 0 Å². The van der Waals surface area contributed by atoms with E-state index in [2.05, 4.69) is 35.0 Å². The van der Waals surface area contributed by atoms with Gasteiger partial charge in [-0.15, -0.1) is 0 Å². The molecule has 1 N–H and O–H groups in total. The average molecular weight is 403 g/mol. The van der Waals surface area contributed by atoms with E-state index < -0.39 is 10.2 Å². The first-order valence-corrected chi connectivity index (χ1v) is 9.81. The van der Waals surface area contributed by atoms with Crippen LogP contribution in [0.5, 0.6) is 0 Å². The fourth-order valence-electron chi connectivity index (χ4n) is 3.15. The van der Waals surface area contributed by atoms with E-state index in [-0.39, 0.29) is 11.7 Å². The number of ketones is 1. The van der Waals surface area contributed by atoms with Crippen molar-refractivity contribution in [3.63, 3.8) is 0 Å². The van der Waals surface area contributed by atoms with E-state index in [4.69, 9.17) is 18.6 Å². The van der Waals surface area contributed by atoms with E-state index >= 15 is 0 Å². The van der Waals surface area contributed by atoms with E-state index in [0.29, 0.717) is 13.1 Å². The molecule has 2 aromatic carbocycles. The highest BCUT2D eigenvalue weighted by Crippen LogP contribution is 2.22. The number of aliphatic imine (C=N–C) groups is 1.